The lowest BCUT2D eigenvalue weighted by atomic mass is 10.2. The third kappa shape index (κ3) is 2.20. The van der Waals surface area contributed by atoms with Gasteiger partial charge >= 0.3 is 0 Å². The van der Waals surface area contributed by atoms with E-state index in [9.17, 15) is 4.79 Å². The van der Waals surface area contributed by atoms with Crippen molar-refractivity contribution in [3.63, 3.8) is 0 Å². The summed E-state index contributed by atoms with van der Waals surface area (Å²) in [6.45, 7) is 3.24. The second-order valence-electron chi connectivity index (χ2n) is 6.04. The number of rotatable bonds is 2. The van der Waals surface area contributed by atoms with Gasteiger partial charge in [-0.25, -0.2) is 9.97 Å². The van der Waals surface area contributed by atoms with Crippen LogP contribution in [0.4, 0.5) is 5.95 Å². The molecule has 4 heterocycles. The van der Waals surface area contributed by atoms with Gasteiger partial charge in [-0.3, -0.25) is 14.6 Å². The van der Waals surface area contributed by atoms with Crippen LogP contribution in [-0.2, 0) is 11.8 Å². The zero-order valence-corrected chi connectivity index (χ0v) is 13.8. The van der Waals surface area contributed by atoms with E-state index < -0.39 is 0 Å². The summed E-state index contributed by atoms with van der Waals surface area (Å²) in [4.78, 5) is 25.0. The van der Waals surface area contributed by atoms with Crippen molar-refractivity contribution in [3.05, 3.63) is 18.6 Å². The van der Waals surface area contributed by atoms with Crippen LogP contribution in [0.2, 0.25) is 0 Å². The molecular weight excluding hydrogens is 308 g/mol. The van der Waals surface area contributed by atoms with Gasteiger partial charge in [0, 0.05) is 38.9 Å². The Morgan fingerprint density at radius 2 is 2.08 bits per heavy atom. The minimum absolute atomic E-state index is 0.0737. The van der Waals surface area contributed by atoms with E-state index in [-0.39, 0.29) is 11.9 Å². The van der Waals surface area contributed by atoms with E-state index in [1.54, 1.807) is 22.0 Å². The number of carbonyl (C=O) groups excluding carboxylic acids is 1. The minimum Gasteiger partial charge on any atom is -0.342 e. The molecule has 0 aliphatic carbocycles. The van der Waals surface area contributed by atoms with Gasteiger partial charge in [0.05, 0.1) is 12.4 Å². The van der Waals surface area contributed by atoms with Crippen LogP contribution in [-0.4, -0.2) is 66.9 Å². The molecule has 0 aromatic carbocycles. The highest BCUT2D eigenvalue weighted by Crippen LogP contribution is 2.26. The maximum Gasteiger partial charge on any atom is 0.244 e. The van der Waals surface area contributed by atoms with Gasteiger partial charge in [0.2, 0.25) is 11.9 Å². The van der Waals surface area contributed by atoms with Crippen molar-refractivity contribution in [2.75, 3.05) is 25.0 Å². The largest absolute Gasteiger partial charge is 0.342 e. The molecule has 24 heavy (non-hydrogen) atoms. The second-order valence-corrected chi connectivity index (χ2v) is 6.04. The maximum absolute atomic E-state index is 12.2. The summed E-state index contributed by atoms with van der Waals surface area (Å²) in [5, 5.41) is 11.5. The predicted molar refractivity (Wildman–Crippen MR) is 88.3 cm³/mol. The Kier molecular flexibility index (Phi) is 3.22. The summed E-state index contributed by atoms with van der Waals surface area (Å²) in [6, 6.07) is -0.282. The van der Waals surface area contributed by atoms with Gasteiger partial charge in [-0.15, -0.1) is 0 Å². The number of likely N-dealkylation sites (N-methyl/N-ethyl adjacent to an activating group) is 1. The standard InChI is InChI=1S/C15H18N8O/c1-9-14(24)21(2)4-5-23(9)15-16-7-11-13(18-15)12(20-19-11)10-6-17-22(3)8-10/h6-9H,4-5H2,1-3H3,(H,19,20). The van der Waals surface area contributed by atoms with Crippen LogP contribution in [0.25, 0.3) is 22.3 Å². The Morgan fingerprint density at radius 3 is 2.83 bits per heavy atom. The molecule has 1 fully saturated rings. The van der Waals surface area contributed by atoms with E-state index in [0.717, 1.165) is 22.3 Å². The molecule has 1 aliphatic rings. The first-order chi connectivity index (χ1) is 11.5. The number of carbonyl (C=O) groups is 1. The van der Waals surface area contributed by atoms with E-state index in [0.29, 0.717) is 19.0 Å². The first-order valence-corrected chi connectivity index (χ1v) is 7.76. The molecule has 0 spiro atoms. The van der Waals surface area contributed by atoms with Gasteiger partial charge in [-0.1, -0.05) is 0 Å². The maximum atomic E-state index is 12.2. The topological polar surface area (TPSA) is 95.8 Å². The minimum atomic E-state index is -0.282. The van der Waals surface area contributed by atoms with Crippen LogP contribution >= 0.6 is 0 Å². The lowest BCUT2D eigenvalue weighted by molar-refractivity contribution is -0.132. The van der Waals surface area contributed by atoms with Crippen molar-refractivity contribution >= 4 is 22.9 Å². The lowest BCUT2D eigenvalue weighted by Crippen LogP contribution is -2.55. The Labute approximate surface area is 138 Å². The van der Waals surface area contributed by atoms with Crippen LogP contribution in [0.15, 0.2) is 18.6 Å². The molecule has 1 atom stereocenters. The predicted octanol–water partition coefficient (Wildman–Crippen LogP) is 0.420. The third-order valence-electron chi connectivity index (χ3n) is 4.40. The van der Waals surface area contributed by atoms with E-state index in [4.69, 9.17) is 0 Å². The average molecular weight is 326 g/mol. The Morgan fingerprint density at radius 1 is 1.25 bits per heavy atom. The highest BCUT2D eigenvalue weighted by atomic mass is 16.2. The molecule has 0 saturated carbocycles. The molecule has 124 valence electrons. The number of aromatic nitrogens is 6. The summed E-state index contributed by atoms with van der Waals surface area (Å²) < 4.78 is 1.72. The molecule has 1 saturated heterocycles. The number of hydrogen-bond donors (Lipinski definition) is 1. The molecule has 3 aromatic rings. The van der Waals surface area contributed by atoms with Gasteiger partial charge in [-0.2, -0.15) is 10.2 Å². The first kappa shape index (κ1) is 14.6. The van der Waals surface area contributed by atoms with E-state index >= 15 is 0 Å². The van der Waals surface area contributed by atoms with Crippen molar-refractivity contribution in [1.29, 1.82) is 0 Å². The van der Waals surface area contributed by atoms with Gasteiger partial charge in [0.25, 0.3) is 0 Å². The Balaban J connectivity index is 1.76. The van der Waals surface area contributed by atoms with Crippen LogP contribution in [0, 0.1) is 0 Å². The van der Waals surface area contributed by atoms with Crippen molar-refractivity contribution in [1.82, 2.24) is 34.8 Å². The van der Waals surface area contributed by atoms with Crippen molar-refractivity contribution in [2.24, 2.45) is 7.05 Å². The molecule has 0 radical (unpaired) electrons. The summed E-state index contributed by atoms with van der Waals surface area (Å²) >= 11 is 0. The molecule has 0 bridgehead atoms. The quantitative estimate of drug-likeness (QED) is 0.733. The van der Waals surface area contributed by atoms with Crippen LogP contribution in [0.5, 0.6) is 0 Å². The zero-order valence-electron chi connectivity index (χ0n) is 13.8. The molecule has 9 nitrogen and oxygen atoms in total. The smallest absolute Gasteiger partial charge is 0.244 e. The highest BCUT2D eigenvalue weighted by molar-refractivity contribution is 5.90. The number of nitrogens with zero attached hydrogens (tertiary/aromatic N) is 7. The highest BCUT2D eigenvalue weighted by Gasteiger charge is 2.31. The van der Waals surface area contributed by atoms with E-state index in [2.05, 4.69) is 25.3 Å². The fourth-order valence-electron chi connectivity index (χ4n) is 2.97. The van der Waals surface area contributed by atoms with Crippen LogP contribution < -0.4 is 4.90 Å². The van der Waals surface area contributed by atoms with Crippen LogP contribution in [0.3, 0.4) is 0 Å². The fourth-order valence-corrected chi connectivity index (χ4v) is 2.97. The molecule has 4 rings (SSSR count). The number of piperazine rings is 1. The average Bonchev–Trinajstić information content (AvgIpc) is 3.18. The molecule has 3 aromatic heterocycles. The Bertz CT molecular complexity index is 913. The normalized spacial score (nSPS) is 18.6. The monoisotopic (exact) mass is 326 g/mol. The first-order valence-electron chi connectivity index (χ1n) is 7.76. The third-order valence-corrected chi connectivity index (χ3v) is 4.40. The SMILES string of the molecule is CC1C(=O)N(C)CCN1c1ncc2[nH]nc(-c3cnn(C)c3)c2n1. The number of nitrogens with one attached hydrogen (secondary N) is 1. The number of anilines is 1. The van der Waals surface area contributed by atoms with Gasteiger partial charge in [-0.05, 0) is 6.92 Å². The van der Waals surface area contributed by atoms with Crippen molar-refractivity contribution < 1.29 is 4.79 Å². The number of aryl methyl sites for hydroxylation is 1. The molecular formula is C15H18N8O. The van der Waals surface area contributed by atoms with Crippen LogP contribution in [0.1, 0.15) is 6.92 Å². The van der Waals surface area contributed by atoms with E-state index in [1.165, 1.54) is 0 Å². The number of hydrogen-bond acceptors (Lipinski definition) is 6. The summed E-state index contributed by atoms with van der Waals surface area (Å²) in [5.41, 5.74) is 3.10. The van der Waals surface area contributed by atoms with Crippen molar-refractivity contribution in [3.8, 4) is 11.3 Å². The summed E-state index contributed by atoms with van der Waals surface area (Å²) in [6.07, 6.45) is 5.35. The van der Waals surface area contributed by atoms with Crippen molar-refractivity contribution in [2.45, 2.75) is 13.0 Å². The molecule has 1 unspecified atom stereocenters. The molecule has 1 aliphatic heterocycles. The number of aromatic amines is 1. The number of amides is 1. The summed E-state index contributed by atoms with van der Waals surface area (Å²) in [7, 11) is 3.67. The second kappa shape index (κ2) is 5.29. The zero-order chi connectivity index (χ0) is 16.8. The van der Waals surface area contributed by atoms with Gasteiger partial charge < -0.3 is 9.80 Å². The molecule has 9 heteroatoms. The Hall–Kier alpha value is -2.97. The number of fused-ring (bicyclic) bond motifs is 1. The molecule has 1 N–H and O–H groups in total. The van der Waals surface area contributed by atoms with Gasteiger partial charge in [0.1, 0.15) is 22.8 Å². The summed E-state index contributed by atoms with van der Waals surface area (Å²) in [5.74, 6) is 0.618. The fraction of sp³-hybridized carbons (Fsp3) is 0.400. The van der Waals surface area contributed by atoms with E-state index in [1.807, 2.05) is 32.1 Å². The molecule has 1 amide bonds. The van der Waals surface area contributed by atoms with Gasteiger partial charge in [0.15, 0.2) is 0 Å². The number of H-pyrrole nitrogens is 1. The lowest BCUT2D eigenvalue weighted by Gasteiger charge is -2.37.